The average Bonchev–Trinajstić information content (AvgIpc) is 2.70. The summed E-state index contributed by atoms with van der Waals surface area (Å²) in [5, 5.41) is 7.82. The lowest BCUT2D eigenvalue weighted by Gasteiger charge is -2.10. The molecule has 4 nitrogen and oxygen atoms in total. The van der Waals surface area contributed by atoms with Crippen LogP contribution in [0.15, 0.2) is 18.5 Å². The van der Waals surface area contributed by atoms with Gasteiger partial charge in [-0.05, 0) is 41.4 Å². The van der Waals surface area contributed by atoms with Crippen molar-refractivity contribution in [3.63, 3.8) is 0 Å². The molecule has 2 aromatic heterocycles. The summed E-state index contributed by atoms with van der Waals surface area (Å²) in [5.41, 5.74) is 2.92. The Bertz CT molecular complexity index is 610. The van der Waals surface area contributed by atoms with Gasteiger partial charge >= 0.3 is 0 Å². The third kappa shape index (κ3) is 1.73. The van der Waals surface area contributed by atoms with Crippen LogP contribution in [-0.2, 0) is 0 Å². The van der Waals surface area contributed by atoms with E-state index in [1.54, 1.807) is 6.33 Å². The number of hydrogen-bond acceptors (Lipinski definition) is 3. The molecule has 0 aromatic carbocycles. The minimum Gasteiger partial charge on any atom is -0.370 e. The highest BCUT2D eigenvalue weighted by Gasteiger charge is 2.64. The summed E-state index contributed by atoms with van der Waals surface area (Å²) >= 11 is 0. The maximum absolute atomic E-state index is 4.27. The van der Waals surface area contributed by atoms with Gasteiger partial charge in [-0.15, -0.1) is 0 Å². The third-order valence-corrected chi connectivity index (χ3v) is 5.33. The monoisotopic (exact) mass is 258 g/mol. The molecule has 0 saturated heterocycles. The summed E-state index contributed by atoms with van der Waals surface area (Å²) < 4.78 is 1.87. The molecule has 0 spiro atoms. The Morgan fingerprint density at radius 2 is 1.89 bits per heavy atom. The predicted molar refractivity (Wildman–Crippen MR) is 77.3 cm³/mol. The molecule has 1 fully saturated rings. The average molecular weight is 258 g/mol. The predicted octanol–water partition coefficient (Wildman–Crippen LogP) is 3.13. The first-order valence-corrected chi connectivity index (χ1v) is 6.88. The van der Waals surface area contributed by atoms with Gasteiger partial charge in [-0.1, -0.05) is 27.7 Å². The number of fused-ring (bicyclic) bond motifs is 1. The van der Waals surface area contributed by atoms with Gasteiger partial charge < -0.3 is 5.32 Å². The van der Waals surface area contributed by atoms with Crippen LogP contribution in [0.3, 0.4) is 0 Å². The van der Waals surface area contributed by atoms with Crippen LogP contribution in [0, 0.1) is 23.7 Å². The molecular weight excluding hydrogens is 236 g/mol. The van der Waals surface area contributed by atoms with Gasteiger partial charge in [-0.3, -0.25) is 0 Å². The van der Waals surface area contributed by atoms with Gasteiger partial charge in [0, 0.05) is 6.54 Å². The molecular formula is C15H22N4. The summed E-state index contributed by atoms with van der Waals surface area (Å²) in [6, 6.07) is 4.17. The third-order valence-electron chi connectivity index (χ3n) is 5.33. The molecule has 1 N–H and O–H groups in total. The number of aryl methyl sites for hydroxylation is 1. The van der Waals surface area contributed by atoms with Gasteiger partial charge in [0.2, 0.25) is 0 Å². The van der Waals surface area contributed by atoms with E-state index in [1.165, 1.54) is 5.56 Å². The van der Waals surface area contributed by atoms with Crippen molar-refractivity contribution in [1.29, 1.82) is 0 Å². The highest BCUT2D eigenvalue weighted by molar-refractivity contribution is 5.51. The summed E-state index contributed by atoms with van der Waals surface area (Å²) in [6.07, 6.45) is 1.60. The Balaban J connectivity index is 1.82. The van der Waals surface area contributed by atoms with E-state index in [4.69, 9.17) is 0 Å². The number of hydrogen-bond donors (Lipinski definition) is 1. The standard InChI is InChI=1S/C15H22N4/c1-10-6-12(19-13(7-10)17-9-18-19)16-8-11-14(2,3)15(11,4)5/h6-7,9,11,16H,8H2,1-5H3. The molecule has 1 aliphatic carbocycles. The number of anilines is 1. The fraction of sp³-hybridized carbons (Fsp3) is 0.600. The smallest absolute Gasteiger partial charge is 0.157 e. The minimum atomic E-state index is 0.408. The van der Waals surface area contributed by atoms with Crippen molar-refractivity contribution < 1.29 is 0 Å². The Hall–Kier alpha value is -1.58. The second-order valence-electron chi connectivity index (χ2n) is 6.82. The van der Waals surface area contributed by atoms with Crippen molar-refractivity contribution in [3.05, 3.63) is 24.0 Å². The second-order valence-corrected chi connectivity index (χ2v) is 6.82. The van der Waals surface area contributed by atoms with Gasteiger partial charge in [0.25, 0.3) is 0 Å². The lowest BCUT2D eigenvalue weighted by Crippen LogP contribution is -2.11. The van der Waals surface area contributed by atoms with Gasteiger partial charge in [0.15, 0.2) is 5.65 Å². The van der Waals surface area contributed by atoms with Crippen LogP contribution >= 0.6 is 0 Å². The summed E-state index contributed by atoms with van der Waals surface area (Å²) in [6.45, 7) is 12.5. The summed E-state index contributed by atoms with van der Waals surface area (Å²) in [5.74, 6) is 1.73. The van der Waals surface area contributed by atoms with Crippen LogP contribution < -0.4 is 5.32 Å². The number of pyridine rings is 1. The van der Waals surface area contributed by atoms with E-state index in [1.807, 2.05) is 10.6 Å². The van der Waals surface area contributed by atoms with Gasteiger partial charge in [0.05, 0.1) is 0 Å². The fourth-order valence-corrected chi connectivity index (χ4v) is 3.23. The van der Waals surface area contributed by atoms with Crippen LogP contribution in [0.4, 0.5) is 5.82 Å². The molecule has 0 amide bonds. The van der Waals surface area contributed by atoms with E-state index in [0.717, 1.165) is 18.0 Å². The quantitative estimate of drug-likeness (QED) is 0.919. The maximum atomic E-state index is 4.27. The number of nitrogens with one attached hydrogen (secondary N) is 1. The molecule has 19 heavy (non-hydrogen) atoms. The summed E-state index contributed by atoms with van der Waals surface area (Å²) in [7, 11) is 0. The molecule has 2 heterocycles. The lowest BCUT2D eigenvalue weighted by atomic mass is 10.0. The number of nitrogens with zero attached hydrogens (tertiary/aromatic N) is 3. The zero-order valence-corrected chi connectivity index (χ0v) is 12.4. The van der Waals surface area contributed by atoms with E-state index in [0.29, 0.717) is 16.7 Å². The molecule has 0 radical (unpaired) electrons. The van der Waals surface area contributed by atoms with Crippen LogP contribution in [0.1, 0.15) is 33.3 Å². The Labute approximate surface area is 114 Å². The molecule has 102 valence electrons. The van der Waals surface area contributed by atoms with E-state index in [-0.39, 0.29) is 0 Å². The Morgan fingerprint density at radius 3 is 2.53 bits per heavy atom. The van der Waals surface area contributed by atoms with Crippen molar-refractivity contribution in [2.45, 2.75) is 34.6 Å². The van der Waals surface area contributed by atoms with Crippen molar-refractivity contribution in [2.75, 3.05) is 11.9 Å². The van der Waals surface area contributed by atoms with E-state index in [2.05, 4.69) is 56.1 Å². The summed E-state index contributed by atoms with van der Waals surface area (Å²) in [4.78, 5) is 4.25. The molecule has 3 rings (SSSR count). The molecule has 0 bridgehead atoms. The normalized spacial score (nSPS) is 20.7. The van der Waals surface area contributed by atoms with Crippen LogP contribution in [0.25, 0.3) is 5.65 Å². The van der Waals surface area contributed by atoms with Crippen molar-refractivity contribution in [1.82, 2.24) is 14.6 Å². The van der Waals surface area contributed by atoms with E-state index in [9.17, 15) is 0 Å². The molecule has 1 saturated carbocycles. The van der Waals surface area contributed by atoms with Crippen LogP contribution in [0.5, 0.6) is 0 Å². The molecule has 0 aliphatic heterocycles. The van der Waals surface area contributed by atoms with Gasteiger partial charge in [-0.2, -0.15) is 9.61 Å². The molecule has 1 aliphatic rings. The van der Waals surface area contributed by atoms with Gasteiger partial charge in [-0.25, -0.2) is 4.98 Å². The SMILES string of the molecule is Cc1cc(NCC2C(C)(C)C2(C)C)n2ncnc2c1. The fourth-order valence-electron chi connectivity index (χ4n) is 3.23. The Kier molecular flexibility index (Phi) is 2.43. The van der Waals surface area contributed by atoms with Crippen LogP contribution in [-0.4, -0.2) is 21.1 Å². The highest BCUT2D eigenvalue weighted by atomic mass is 15.3. The zero-order valence-electron chi connectivity index (χ0n) is 12.4. The lowest BCUT2D eigenvalue weighted by molar-refractivity contribution is 0.457. The first-order valence-electron chi connectivity index (χ1n) is 6.88. The number of aromatic nitrogens is 3. The highest BCUT2D eigenvalue weighted by Crippen LogP contribution is 2.68. The minimum absolute atomic E-state index is 0.408. The van der Waals surface area contributed by atoms with E-state index < -0.39 is 0 Å². The number of rotatable bonds is 3. The van der Waals surface area contributed by atoms with E-state index >= 15 is 0 Å². The molecule has 0 unspecified atom stereocenters. The largest absolute Gasteiger partial charge is 0.370 e. The molecule has 4 heteroatoms. The first-order chi connectivity index (χ1) is 8.84. The topological polar surface area (TPSA) is 42.2 Å². The van der Waals surface area contributed by atoms with Crippen molar-refractivity contribution in [3.8, 4) is 0 Å². The molecule has 2 aromatic rings. The second kappa shape index (κ2) is 3.71. The van der Waals surface area contributed by atoms with Crippen molar-refractivity contribution >= 4 is 11.5 Å². The maximum Gasteiger partial charge on any atom is 0.157 e. The van der Waals surface area contributed by atoms with Gasteiger partial charge in [0.1, 0.15) is 12.1 Å². The molecule has 0 atom stereocenters. The Morgan fingerprint density at radius 1 is 1.21 bits per heavy atom. The first kappa shape index (κ1) is 12.5. The zero-order chi connectivity index (χ0) is 13.8. The van der Waals surface area contributed by atoms with Crippen LogP contribution in [0.2, 0.25) is 0 Å². The van der Waals surface area contributed by atoms with Crippen molar-refractivity contribution in [2.24, 2.45) is 16.7 Å².